The summed E-state index contributed by atoms with van der Waals surface area (Å²) in [6.45, 7) is 1.50. The lowest BCUT2D eigenvalue weighted by molar-refractivity contribution is -0.208. The van der Waals surface area contributed by atoms with Gasteiger partial charge in [-0.05, 0) is 75.0 Å². The van der Waals surface area contributed by atoms with E-state index < -0.39 is 0 Å². The van der Waals surface area contributed by atoms with Crippen LogP contribution in [-0.2, 0) is 38.0 Å². The van der Waals surface area contributed by atoms with Crippen LogP contribution in [0.15, 0.2) is 52.9 Å². The Kier molecular flexibility index (Phi) is 16.6. The number of thiazole rings is 2. The van der Waals surface area contributed by atoms with Crippen LogP contribution in [0.5, 0.6) is 0 Å². The molecule has 1 N–H and O–H groups in total. The van der Waals surface area contributed by atoms with Gasteiger partial charge in [0.25, 0.3) is 0 Å². The number of rotatable bonds is 8. The van der Waals surface area contributed by atoms with E-state index in [1.165, 1.54) is 9.40 Å². The van der Waals surface area contributed by atoms with Crippen LogP contribution in [0.25, 0.3) is 20.4 Å². The molecule has 0 aliphatic carbocycles. The van der Waals surface area contributed by atoms with E-state index >= 15 is 0 Å². The summed E-state index contributed by atoms with van der Waals surface area (Å²) in [7, 11) is 0. The van der Waals surface area contributed by atoms with Gasteiger partial charge in [-0.1, -0.05) is 43.5 Å². The van der Waals surface area contributed by atoms with Crippen molar-refractivity contribution in [1.82, 2.24) is 9.97 Å². The summed E-state index contributed by atoms with van der Waals surface area (Å²) in [4.78, 5) is 30.9. The van der Waals surface area contributed by atoms with Gasteiger partial charge in [0.1, 0.15) is 12.2 Å². The van der Waals surface area contributed by atoms with E-state index in [9.17, 15) is 9.59 Å². The third-order valence-electron chi connectivity index (χ3n) is 8.57. The minimum absolute atomic E-state index is 0. The first-order valence-electron chi connectivity index (χ1n) is 17.5. The second-order valence-electron chi connectivity index (χ2n) is 12.6. The monoisotopic (exact) mass is 812 g/mol. The van der Waals surface area contributed by atoms with E-state index in [-0.39, 0.29) is 57.8 Å². The molecule has 6 heterocycles. The first kappa shape index (κ1) is 41.0. The Morgan fingerprint density at radius 2 is 1.44 bits per heavy atom. The maximum atomic E-state index is 11.9. The minimum atomic E-state index is -0.224. The van der Waals surface area contributed by atoms with Gasteiger partial charge in [-0.3, -0.25) is 9.59 Å². The number of aromatic amines is 1. The molecule has 4 aliphatic rings. The Hall–Kier alpha value is -2.14. The summed E-state index contributed by atoms with van der Waals surface area (Å²) < 4.78 is 37.7. The van der Waals surface area contributed by atoms with Gasteiger partial charge in [-0.2, -0.15) is 0 Å². The van der Waals surface area contributed by atoms with Crippen molar-refractivity contribution < 1.29 is 39.4 Å². The highest BCUT2D eigenvalue weighted by atomic mass is 35.5. The average molecular weight is 814 g/mol. The lowest BCUT2D eigenvalue weighted by Crippen LogP contribution is -2.38. The molecule has 2 unspecified atom stereocenters. The van der Waals surface area contributed by atoms with Crippen LogP contribution in [0.4, 0.5) is 0 Å². The van der Waals surface area contributed by atoms with Gasteiger partial charge in [0.05, 0.1) is 51.4 Å². The van der Waals surface area contributed by atoms with Gasteiger partial charge in [0, 0.05) is 33.2 Å². The highest BCUT2D eigenvalue weighted by molar-refractivity contribution is 8.01. The first-order valence-corrected chi connectivity index (χ1v) is 21.0. The number of benzene rings is 2. The Morgan fingerprint density at radius 3 is 2.04 bits per heavy atom. The Bertz CT molecular complexity index is 1690. The molecule has 52 heavy (non-hydrogen) atoms. The quantitative estimate of drug-likeness (QED) is 0.0793. The second-order valence-corrected chi connectivity index (χ2v) is 17.0. The summed E-state index contributed by atoms with van der Waals surface area (Å²) in [6, 6.07) is 16.2. The molecule has 2 aromatic carbocycles. The fourth-order valence-electron chi connectivity index (χ4n) is 6.13. The third-order valence-corrected chi connectivity index (χ3v) is 12.4. The number of hydrogen-bond donors (Lipinski definition) is 1. The standard InChI is InChI=1S/C18H21NO4S2.C11H17ClO4.C7H5NS2.CH4.H2/c20-16-10-12(23-17-7-3-4-8-21-17)9-13(22-16)11-24-18-19-14-5-1-2-6-15(14)25-18;12-7-9-5-8(6-10(13)15-9)16-11-3-1-2-4-14-11;9-7-8-5-3-1-2-4-6(5)10-7;;/h1-2,5-6,12-13,17H,3-4,7-11H2;8-9,11H,1-7H2;1-4H,(H,8,9);1H4;1H/t12-,13+,17?;8-,9+,11?;;;/m11.../s1. The van der Waals surface area contributed by atoms with Crippen molar-refractivity contribution in [2.45, 2.75) is 113 Å². The number of aromatic nitrogens is 2. The molecule has 0 bridgehead atoms. The van der Waals surface area contributed by atoms with Gasteiger partial charge in [0.2, 0.25) is 0 Å². The first-order chi connectivity index (χ1) is 24.9. The van der Waals surface area contributed by atoms with E-state index in [1.54, 1.807) is 34.4 Å². The minimum Gasteiger partial charge on any atom is -0.461 e. The lowest BCUT2D eigenvalue weighted by atomic mass is 10.1. The van der Waals surface area contributed by atoms with E-state index in [1.807, 2.05) is 36.4 Å². The summed E-state index contributed by atoms with van der Waals surface area (Å²) in [5.74, 6) is 0.633. The van der Waals surface area contributed by atoms with E-state index in [4.69, 9.17) is 52.2 Å². The number of fused-ring (bicyclic) bond motifs is 2. The normalized spacial score (nSPS) is 26.2. The Balaban J connectivity index is 0.000000192. The number of H-pyrrole nitrogens is 1. The van der Waals surface area contributed by atoms with Crippen molar-refractivity contribution in [3.8, 4) is 0 Å². The summed E-state index contributed by atoms with van der Waals surface area (Å²) in [5, 5.41) is 0. The summed E-state index contributed by atoms with van der Waals surface area (Å²) in [5.41, 5.74) is 2.16. The summed E-state index contributed by atoms with van der Waals surface area (Å²) >= 11 is 15.6. The van der Waals surface area contributed by atoms with Crippen molar-refractivity contribution in [3.05, 3.63) is 52.5 Å². The molecule has 2 aromatic heterocycles. The topological polar surface area (TPSA) is 118 Å². The highest BCUT2D eigenvalue weighted by Gasteiger charge is 2.33. The molecule has 4 fully saturated rings. The fraction of sp³-hybridized carbons (Fsp3) is 0.568. The highest BCUT2D eigenvalue weighted by Crippen LogP contribution is 2.32. The smallest absolute Gasteiger partial charge is 0.308 e. The molecule has 4 aromatic rings. The van der Waals surface area contributed by atoms with Crippen LogP contribution in [0.1, 0.15) is 73.1 Å². The van der Waals surface area contributed by atoms with Crippen molar-refractivity contribution in [2.24, 2.45) is 0 Å². The van der Waals surface area contributed by atoms with Gasteiger partial charge >= 0.3 is 11.9 Å². The van der Waals surface area contributed by atoms with E-state index in [2.05, 4.69) is 22.1 Å². The van der Waals surface area contributed by atoms with Crippen LogP contribution in [0.3, 0.4) is 0 Å². The molecule has 286 valence electrons. The van der Waals surface area contributed by atoms with Gasteiger partial charge in [-0.15, -0.1) is 34.3 Å². The number of thioether (sulfide) groups is 1. The Labute approximate surface area is 328 Å². The molecule has 4 saturated heterocycles. The largest absolute Gasteiger partial charge is 0.461 e. The van der Waals surface area contributed by atoms with E-state index in [0.29, 0.717) is 30.9 Å². The number of ether oxygens (including phenoxy) is 6. The van der Waals surface area contributed by atoms with Crippen LogP contribution < -0.4 is 0 Å². The zero-order valence-corrected chi connectivity index (χ0v) is 32.2. The predicted octanol–water partition coefficient (Wildman–Crippen LogP) is 9.69. The molecule has 0 radical (unpaired) electrons. The van der Waals surface area contributed by atoms with Crippen LogP contribution >= 0.6 is 58.3 Å². The summed E-state index contributed by atoms with van der Waals surface area (Å²) in [6.07, 6.45) is 7.43. The lowest BCUT2D eigenvalue weighted by Gasteiger charge is -2.32. The third kappa shape index (κ3) is 12.7. The van der Waals surface area contributed by atoms with Crippen molar-refractivity contribution in [2.75, 3.05) is 24.8 Å². The number of esters is 2. The number of cyclic esters (lactones) is 2. The van der Waals surface area contributed by atoms with Crippen molar-refractivity contribution >= 4 is 90.6 Å². The maximum absolute atomic E-state index is 11.9. The van der Waals surface area contributed by atoms with Gasteiger partial charge < -0.3 is 33.4 Å². The fourth-order valence-corrected chi connectivity index (χ4v) is 9.54. The van der Waals surface area contributed by atoms with Crippen molar-refractivity contribution in [1.29, 1.82) is 0 Å². The number of carbonyl (C=O) groups is 2. The zero-order valence-electron chi connectivity index (χ0n) is 28.2. The maximum Gasteiger partial charge on any atom is 0.308 e. The average Bonchev–Trinajstić information content (AvgIpc) is 3.74. The van der Waals surface area contributed by atoms with Crippen LogP contribution in [-0.4, -0.2) is 83.7 Å². The molecule has 0 saturated carbocycles. The van der Waals surface area contributed by atoms with Gasteiger partial charge in [-0.25, -0.2) is 4.98 Å². The van der Waals surface area contributed by atoms with E-state index in [0.717, 1.165) is 77.5 Å². The van der Waals surface area contributed by atoms with Crippen LogP contribution in [0.2, 0.25) is 0 Å². The molecule has 0 spiro atoms. The molecule has 8 rings (SSSR count). The molecule has 15 heteroatoms. The number of halogens is 1. The predicted molar refractivity (Wildman–Crippen MR) is 212 cm³/mol. The molecule has 6 atom stereocenters. The number of nitrogens with one attached hydrogen (secondary N) is 1. The molecular formula is C37H49ClN2O8S4. The number of hydrogen-bond acceptors (Lipinski definition) is 13. The number of nitrogens with zero attached hydrogens (tertiary/aromatic N) is 1. The molecule has 10 nitrogen and oxygen atoms in total. The van der Waals surface area contributed by atoms with Crippen molar-refractivity contribution in [3.63, 3.8) is 0 Å². The molecule has 0 amide bonds. The number of alkyl halides is 1. The molecule has 4 aliphatic heterocycles. The number of carbonyl (C=O) groups excluding carboxylic acids is 2. The molecular weight excluding hydrogens is 764 g/mol. The number of para-hydroxylation sites is 2. The zero-order chi connectivity index (χ0) is 35.4. The SMILES string of the molecule is C.O=C1C[C@H](OC2CCCCO2)C[C@@H](CCl)O1.O=C1C[C@H](OC2CCCCO2)C[C@@H](CSc2nc3ccccc3s2)O1.S=c1[nH]c2ccccc2s1.[HH]. The van der Waals surface area contributed by atoms with Crippen LogP contribution in [0, 0.1) is 3.95 Å². The second kappa shape index (κ2) is 21.1. The Morgan fingerprint density at radius 1 is 0.846 bits per heavy atom. The van der Waals surface area contributed by atoms with Gasteiger partial charge in [0.15, 0.2) is 20.9 Å².